The van der Waals surface area contributed by atoms with E-state index in [1.54, 1.807) is 0 Å². The first kappa shape index (κ1) is 13.7. The lowest BCUT2D eigenvalue weighted by atomic mass is 10.0. The standard InChI is InChI=1S/C15H21N3O/c1-18(11-15(19)7-2-3-8-15)13-4-5-14(17)12(10-13)6-9-16/h4-5,10,19H,2-3,6-8,11,17H2,1H3. The van der Waals surface area contributed by atoms with Gasteiger partial charge in [-0.25, -0.2) is 0 Å². The number of nitrogens with zero attached hydrogens (tertiary/aromatic N) is 2. The molecule has 0 saturated heterocycles. The van der Waals surface area contributed by atoms with Gasteiger partial charge in [-0.15, -0.1) is 0 Å². The van der Waals surface area contributed by atoms with Gasteiger partial charge in [0.2, 0.25) is 0 Å². The van der Waals surface area contributed by atoms with E-state index in [-0.39, 0.29) is 0 Å². The first-order valence-electron chi connectivity index (χ1n) is 6.73. The average Bonchev–Trinajstić information content (AvgIpc) is 2.78. The Labute approximate surface area is 114 Å². The van der Waals surface area contributed by atoms with Crippen LogP contribution in [0.3, 0.4) is 0 Å². The van der Waals surface area contributed by atoms with Gasteiger partial charge < -0.3 is 15.7 Å². The second kappa shape index (κ2) is 5.50. The van der Waals surface area contributed by atoms with Gasteiger partial charge >= 0.3 is 0 Å². The lowest BCUT2D eigenvalue weighted by Crippen LogP contribution is -2.39. The zero-order valence-corrected chi connectivity index (χ0v) is 11.4. The zero-order valence-electron chi connectivity index (χ0n) is 11.4. The van der Waals surface area contributed by atoms with Crippen molar-refractivity contribution in [2.45, 2.75) is 37.7 Å². The van der Waals surface area contributed by atoms with E-state index in [9.17, 15) is 5.11 Å². The van der Waals surface area contributed by atoms with Gasteiger partial charge in [-0.3, -0.25) is 0 Å². The number of anilines is 2. The summed E-state index contributed by atoms with van der Waals surface area (Å²) in [5.41, 5.74) is 7.79. The summed E-state index contributed by atoms with van der Waals surface area (Å²) in [6.45, 7) is 0.628. The van der Waals surface area contributed by atoms with Gasteiger partial charge in [-0.1, -0.05) is 12.8 Å². The fourth-order valence-electron chi connectivity index (χ4n) is 2.79. The van der Waals surface area contributed by atoms with Crippen LogP contribution in [0.5, 0.6) is 0 Å². The van der Waals surface area contributed by atoms with Crippen LogP contribution in [0.25, 0.3) is 0 Å². The van der Waals surface area contributed by atoms with Gasteiger partial charge in [0.1, 0.15) is 0 Å². The predicted molar refractivity (Wildman–Crippen MR) is 76.9 cm³/mol. The minimum absolute atomic E-state index is 0.317. The van der Waals surface area contributed by atoms with Crippen molar-refractivity contribution in [1.29, 1.82) is 5.26 Å². The summed E-state index contributed by atoms with van der Waals surface area (Å²) in [5.74, 6) is 0. The van der Waals surface area contributed by atoms with E-state index < -0.39 is 5.60 Å². The third-order valence-corrected chi connectivity index (χ3v) is 3.90. The summed E-state index contributed by atoms with van der Waals surface area (Å²) < 4.78 is 0. The molecule has 0 heterocycles. The smallest absolute Gasteiger partial charge is 0.0821 e. The first-order chi connectivity index (χ1) is 9.04. The lowest BCUT2D eigenvalue weighted by molar-refractivity contribution is 0.0559. The Morgan fingerprint density at radius 1 is 1.42 bits per heavy atom. The Balaban J connectivity index is 2.12. The maximum Gasteiger partial charge on any atom is 0.0821 e. The molecule has 3 N–H and O–H groups in total. The van der Waals surface area contributed by atoms with E-state index in [0.29, 0.717) is 18.7 Å². The average molecular weight is 259 g/mol. The SMILES string of the molecule is CN(CC1(O)CCCC1)c1ccc(N)c(CC#N)c1. The molecule has 0 aliphatic heterocycles. The van der Waals surface area contributed by atoms with Crippen LogP contribution in [-0.4, -0.2) is 24.3 Å². The monoisotopic (exact) mass is 259 g/mol. The molecule has 1 fully saturated rings. The predicted octanol–water partition coefficient (Wildman–Crippen LogP) is 2.08. The summed E-state index contributed by atoms with van der Waals surface area (Å²) in [4.78, 5) is 2.05. The fraction of sp³-hybridized carbons (Fsp3) is 0.533. The van der Waals surface area contributed by atoms with Gasteiger partial charge in [-0.05, 0) is 36.6 Å². The Hall–Kier alpha value is -1.73. The van der Waals surface area contributed by atoms with Crippen LogP contribution in [0, 0.1) is 11.3 Å². The van der Waals surface area contributed by atoms with Crippen LogP contribution in [0.2, 0.25) is 0 Å². The van der Waals surface area contributed by atoms with Crippen molar-refractivity contribution in [3.05, 3.63) is 23.8 Å². The van der Waals surface area contributed by atoms with Crippen molar-refractivity contribution in [3.8, 4) is 6.07 Å². The van der Waals surface area contributed by atoms with Gasteiger partial charge in [-0.2, -0.15) is 5.26 Å². The molecule has 0 amide bonds. The molecule has 2 rings (SSSR count). The Kier molecular flexibility index (Phi) is 3.96. The highest BCUT2D eigenvalue weighted by Crippen LogP contribution is 2.31. The van der Waals surface area contributed by atoms with Crippen molar-refractivity contribution in [2.75, 3.05) is 24.2 Å². The second-order valence-electron chi connectivity index (χ2n) is 5.51. The second-order valence-corrected chi connectivity index (χ2v) is 5.51. The highest BCUT2D eigenvalue weighted by atomic mass is 16.3. The Morgan fingerprint density at radius 2 is 2.11 bits per heavy atom. The molecule has 0 spiro atoms. The molecule has 0 radical (unpaired) electrons. The molecule has 0 atom stereocenters. The largest absolute Gasteiger partial charge is 0.398 e. The van der Waals surface area contributed by atoms with Gasteiger partial charge in [0.15, 0.2) is 0 Å². The molecule has 1 saturated carbocycles. The summed E-state index contributed by atoms with van der Waals surface area (Å²) in [5, 5.41) is 19.2. The van der Waals surface area contributed by atoms with E-state index >= 15 is 0 Å². The molecule has 1 aliphatic carbocycles. The molecule has 0 bridgehead atoms. The van der Waals surface area contributed by atoms with Crippen molar-refractivity contribution in [1.82, 2.24) is 0 Å². The number of rotatable bonds is 4. The molecule has 4 nitrogen and oxygen atoms in total. The highest BCUT2D eigenvalue weighted by Gasteiger charge is 2.32. The van der Waals surface area contributed by atoms with E-state index in [1.165, 1.54) is 0 Å². The van der Waals surface area contributed by atoms with Gasteiger partial charge in [0.05, 0.1) is 18.1 Å². The number of nitrogen functional groups attached to an aromatic ring is 1. The first-order valence-corrected chi connectivity index (χ1v) is 6.73. The number of nitrogens with two attached hydrogens (primary N) is 1. The molecule has 0 unspecified atom stereocenters. The zero-order chi connectivity index (χ0) is 13.9. The Morgan fingerprint density at radius 3 is 2.74 bits per heavy atom. The van der Waals surface area contributed by atoms with Gasteiger partial charge in [0, 0.05) is 25.0 Å². The molecule has 102 valence electrons. The van der Waals surface area contributed by atoms with Crippen LogP contribution >= 0.6 is 0 Å². The van der Waals surface area contributed by atoms with E-state index in [1.807, 2.05) is 30.1 Å². The maximum atomic E-state index is 10.4. The van der Waals surface area contributed by atoms with Crippen molar-refractivity contribution >= 4 is 11.4 Å². The minimum Gasteiger partial charge on any atom is -0.398 e. The maximum absolute atomic E-state index is 10.4. The molecule has 4 heteroatoms. The minimum atomic E-state index is -0.564. The van der Waals surface area contributed by atoms with Crippen molar-refractivity contribution < 1.29 is 5.11 Å². The third-order valence-electron chi connectivity index (χ3n) is 3.90. The number of likely N-dealkylation sites (N-methyl/N-ethyl adjacent to an activating group) is 1. The lowest BCUT2D eigenvalue weighted by Gasteiger charge is -2.30. The van der Waals surface area contributed by atoms with Crippen LogP contribution in [0.4, 0.5) is 11.4 Å². The highest BCUT2D eigenvalue weighted by molar-refractivity contribution is 5.59. The molecular formula is C15H21N3O. The van der Waals surface area contributed by atoms with Crippen LogP contribution in [0.15, 0.2) is 18.2 Å². The third kappa shape index (κ3) is 3.18. The Bertz CT molecular complexity index is 487. The van der Waals surface area contributed by atoms with Crippen LogP contribution in [0.1, 0.15) is 31.2 Å². The van der Waals surface area contributed by atoms with Gasteiger partial charge in [0.25, 0.3) is 0 Å². The molecule has 0 aromatic heterocycles. The molecule has 19 heavy (non-hydrogen) atoms. The molecule has 1 aliphatic rings. The molecule has 1 aromatic carbocycles. The number of benzene rings is 1. The summed E-state index contributed by atoms with van der Waals surface area (Å²) >= 11 is 0. The normalized spacial score (nSPS) is 17.1. The molecular weight excluding hydrogens is 238 g/mol. The van der Waals surface area contributed by atoms with Crippen molar-refractivity contribution in [2.24, 2.45) is 0 Å². The summed E-state index contributed by atoms with van der Waals surface area (Å²) in [6.07, 6.45) is 4.27. The number of hydrogen-bond donors (Lipinski definition) is 2. The van der Waals surface area contributed by atoms with Crippen LogP contribution < -0.4 is 10.6 Å². The van der Waals surface area contributed by atoms with Crippen LogP contribution in [-0.2, 0) is 6.42 Å². The van der Waals surface area contributed by atoms with E-state index in [4.69, 9.17) is 11.0 Å². The number of nitriles is 1. The van der Waals surface area contributed by atoms with E-state index in [0.717, 1.165) is 36.9 Å². The number of hydrogen-bond acceptors (Lipinski definition) is 4. The summed E-state index contributed by atoms with van der Waals surface area (Å²) in [7, 11) is 1.97. The van der Waals surface area contributed by atoms with E-state index in [2.05, 4.69) is 6.07 Å². The molecule has 1 aromatic rings. The fourth-order valence-corrected chi connectivity index (χ4v) is 2.79. The number of aliphatic hydroxyl groups is 1. The summed E-state index contributed by atoms with van der Waals surface area (Å²) in [6, 6.07) is 7.83. The topological polar surface area (TPSA) is 73.3 Å². The quantitative estimate of drug-likeness (QED) is 0.812. The van der Waals surface area contributed by atoms with Crippen molar-refractivity contribution in [3.63, 3.8) is 0 Å².